The minimum absolute atomic E-state index is 0.0149. The molecule has 2 aromatic heterocycles. The fourth-order valence-electron chi connectivity index (χ4n) is 4.67. The number of rotatable bonds is 11. The number of fused-ring (bicyclic) bond motifs is 1. The molecule has 0 saturated heterocycles. The molecule has 0 radical (unpaired) electrons. The summed E-state index contributed by atoms with van der Waals surface area (Å²) in [5, 5.41) is 31.4. The lowest BCUT2D eigenvalue weighted by Crippen LogP contribution is -2.42. The van der Waals surface area contributed by atoms with Gasteiger partial charge in [-0.3, -0.25) is 0 Å². The average molecular weight is 619 g/mol. The van der Waals surface area contributed by atoms with Crippen molar-refractivity contribution in [1.82, 2.24) is 25.2 Å². The third-order valence-corrected chi connectivity index (χ3v) is 8.35. The molecule has 0 saturated carbocycles. The van der Waals surface area contributed by atoms with E-state index in [1.165, 1.54) is 0 Å². The smallest absolute Gasteiger partial charge is 0.165 e. The molecule has 5 rings (SSSR count). The number of benzene rings is 3. The summed E-state index contributed by atoms with van der Waals surface area (Å²) in [4.78, 5) is 4.67. The van der Waals surface area contributed by atoms with Crippen LogP contribution in [0.1, 0.15) is 39.1 Å². The van der Waals surface area contributed by atoms with Crippen LogP contribution < -0.4 is 10.6 Å². The number of hydrogen-bond donors (Lipinski definition) is 4. The molecule has 5 aromatic rings. The summed E-state index contributed by atoms with van der Waals surface area (Å²) in [5.41, 5.74) is 6.47. The van der Waals surface area contributed by atoms with Crippen LogP contribution in [0.5, 0.6) is 0 Å². The number of aliphatic hydroxyl groups is 2. The number of nitrogens with one attached hydrogen (secondary N) is 2. The van der Waals surface area contributed by atoms with Crippen LogP contribution in [-0.2, 0) is 13.1 Å². The standard InChI is InChI=1S/C34H37Cl2N5O2/c1-33(2,20-42)37-18-22-11-13-23(14-12-22)25-7-5-9-27(31(25)35)28-10-6-8-26(32(28)36)24-15-16-41-30(17-24)39-29(40-41)19-38-34(3,4)21-43/h5-17,37-38,42-43H,18-21H2,1-4H3. The lowest BCUT2D eigenvalue weighted by Gasteiger charge is -2.23. The van der Waals surface area contributed by atoms with E-state index >= 15 is 0 Å². The van der Waals surface area contributed by atoms with Crippen molar-refractivity contribution in [2.75, 3.05) is 13.2 Å². The Morgan fingerprint density at radius 1 is 0.698 bits per heavy atom. The molecule has 4 N–H and O–H groups in total. The molecular weight excluding hydrogens is 581 g/mol. The number of nitrogens with zero attached hydrogens (tertiary/aromatic N) is 3. The Balaban J connectivity index is 1.42. The Labute approximate surface area is 262 Å². The topological polar surface area (TPSA) is 94.7 Å². The molecule has 2 heterocycles. The highest BCUT2D eigenvalue weighted by atomic mass is 35.5. The number of hydrogen-bond acceptors (Lipinski definition) is 6. The average Bonchev–Trinajstić information content (AvgIpc) is 3.42. The van der Waals surface area contributed by atoms with Gasteiger partial charge >= 0.3 is 0 Å². The van der Waals surface area contributed by atoms with Crippen molar-refractivity contribution in [2.45, 2.75) is 51.9 Å². The second-order valence-electron chi connectivity index (χ2n) is 12.1. The molecule has 43 heavy (non-hydrogen) atoms. The van der Waals surface area contributed by atoms with Gasteiger partial charge in [-0.1, -0.05) is 83.9 Å². The molecule has 0 aliphatic rings. The fourth-order valence-corrected chi connectivity index (χ4v) is 5.34. The maximum atomic E-state index is 9.51. The van der Waals surface area contributed by atoms with Crippen LogP contribution in [0.4, 0.5) is 0 Å². The first-order valence-electron chi connectivity index (χ1n) is 14.2. The van der Waals surface area contributed by atoms with E-state index in [0.29, 0.717) is 34.6 Å². The van der Waals surface area contributed by atoms with Crippen molar-refractivity contribution < 1.29 is 10.2 Å². The molecule has 7 nitrogen and oxygen atoms in total. The van der Waals surface area contributed by atoms with E-state index in [-0.39, 0.29) is 18.8 Å². The molecule has 0 unspecified atom stereocenters. The molecule has 0 amide bonds. The van der Waals surface area contributed by atoms with Gasteiger partial charge in [0.1, 0.15) is 0 Å². The number of aliphatic hydroxyl groups excluding tert-OH is 2. The molecule has 0 atom stereocenters. The van der Waals surface area contributed by atoms with Gasteiger partial charge in [0.15, 0.2) is 11.5 Å². The van der Waals surface area contributed by atoms with Crippen LogP contribution in [0.25, 0.3) is 39.0 Å². The van der Waals surface area contributed by atoms with Crippen molar-refractivity contribution in [3.8, 4) is 33.4 Å². The minimum atomic E-state index is -0.422. The third-order valence-electron chi connectivity index (χ3n) is 7.53. The second-order valence-corrected chi connectivity index (χ2v) is 12.8. The van der Waals surface area contributed by atoms with Gasteiger partial charge in [0.25, 0.3) is 0 Å². The summed E-state index contributed by atoms with van der Waals surface area (Å²) in [6.45, 7) is 8.97. The van der Waals surface area contributed by atoms with Crippen LogP contribution in [0, 0.1) is 0 Å². The van der Waals surface area contributed by atoms with Crippen LogP contribution in [0.2, 0.25) is 10.0 Å². The Kier molecular flexibility index (Phi) is 9.23. The summed E-state index contributed by atoms with van der Waals surface area (Å²) in [6, 6.07) is 24.2. The van der Waals surface area contributed by atoms with Crippen LogP contribution in [0.3, 0.4) is 0 Å². The zero-order chi connectivity index (χ0) is 30.8. The van der Waals surface area contributed by atoms with Gasteiger partial charge in [-0.25, -0.2) is 9.50 Å². The highest BCUT2D eigenvalue weighted by Crippen LogP contribution is 2.42. The maximum Gasteiger partial charge on any atom is 0.165 e. The van der Waals surface area contributed by atoms with Gasteiger partial charge < -0.3 is 20.8 Å². The summed E-state index contributed by atoms with van der Waals surface area (Å²) < 4.78 is 1.74. The zero-order valence-electron chi connectivity index (χ0n) is 24.8. The third kappa shape index (κ3) is 7.10. The zero-order valence-corrected chi connectivity index (χ0v) is 26.3. The second kappa shape index (κ2) is 12.7. The van der Waals surface area contributed by atoms with E-state index in [2.05, 4.69) is 45.0 Å². The fraction of sp³-hybridized carbons (Fsp3) is 0.294. The Hall–Kier alpha value is -3.30. The Morgan fingerprint density at radius 3 is 1.81 bits per heavy atom. The van der Waals surface area contributed by atoms with Crippen LogP contribution >= 0.6 is 23.2 Å². The van der Waals surface area contributed by atoms with Gasteiger partial charge in [-0.05, 0) is 56.5 Å². The van der Waals surface area contributed by atoms with Gasteiger partial charge in [0, 0.05) is 46.1 Å². The molecule has 224 valence electrons. The lowest BCUT2D eigenvalue weighted by molar-refractivity contribution is 0.186. The summed E-state index contributed by atoms with van der Waals surface area (Å²) in [5.74, 6) is 0.639. The first kappa shape index (κ1) is 31.1. The molecule has 0 bridgehead atoms. The van der Waals surface area contributed by atoms with Crippen molar-refractivity contribution in [3.05, 3.63) is 100 Å². The first-order chi connectivity index (χ1) is 20.5. The van der Waals surface area contributed by atoms with E-state index in [1.54, 1.807) is 4.52 Å². The monoisotopic (exact) mass is 617 g/mol. The molecule has 0 aliphatic heterocycles. The molecule has 0 aliphatic carbocycles. The van der Waals surface area contributed by atoms with E-state index in [0.717, 1.165) is 38.9 Å². The van der Waals surface area contributed by atoms with Crippen molar-refractivity contribution in [3.63, 3.8) is 0 Å². The molecule has 0 fully saturated rings. The van der Waals surface area contributed by atoms with Gasteiger partial charge in [0.05, 0.1) is 29.8 Å². The highest BCUT2D eigenvalue weighted by Gasteiger charge is 2.19. The van der Waals surface area contributed by atoms with Crippen LogP contribution in [0.15, 0.2) is 79.0 Å². The van der Waals surface area contributed by atoms with Crippen LogP contribution in [-0.4, -0.2) is 49.1 Å². The predicted octanol–water partition coefficient (Wildman–Crippen LogP) is 6.76. The van der Waals surface area contributed by atoms with Crippen molar-refractivity contribution in [2.24, 2.45) is 0 Å². The Morgan fingerprint density at radius 2 is 1.23 bits per heavy atom. The first-order valence-corrected chi connectivity index (χ1v) is 15.0. The summed E-state index contributed by atoms with van der Waals surface area (Å²) in [6.07, 6.45) is 1.87. The number of halogens is 2. The predicted molar refractivity (Wildman–Crippen MR) is 175 cm³/mol. The van der Waals surface area contributed by atoms with E-state index < -0.39 is 5.54 Å². The Bertz CT molecular complexity index is 1730. The van der Waals surface area contributed by atoms with Crippen molar-refractivity contribution >= 4 is 28.8 Å². The van der Waals surface area contributed by atoms with Crippen molar-refractivity contribution in [1.29, 1.82) is 0 Å². The lowest BCUT2D eigenvalue weighted by atomic mass is 9.95. The van der Waals surface area contributed by atoms with E-state index in [4.69, 9.17) is 23.2 Å². The molecule has 3 aromatic carbocycles. The SMILES string of the molecule is CC(C)(CO)NCc1ccc(-c2cccc(-c3cccc(-c4ccn5nc(CNC(C)(C)CO)nc5c4)c3Cl)c2Cl)cc1. The highest BCUT2D eigenvalue weighted by molar-refractivity contribution is 6.39. The minimum Gasteiger partial charge on any atom is -0.394 e. The van der Waals surface area contributed by atoms with E-state index in [9.17, 15) is 10.2 Å². The van der Waals surface area contributed by atoms with Gasteiger partial charge in [-0.15, -0.1) is 5.10 Å². The number of aromatic nitrogens is 3. The number of pyridine rings is 1. The normalized spacial score (nSPS) is 12.3. The molecular formula is C34H37Cl2N5O2. The molecule has 0 spiro atoms. The molecule has 9 heteroatoms. The largest absolute Gasteiger partial charge is 0.394 e. The maximum absolute atomic E-state index is 9.51. The van der Waals surface area contributed by atoms with Gasteiger partial charge in [0.2, 0.25) is 0 Å². The quantitative estimate of drug-likeness (QED) is 0.131. The summed E-state index contributed by atoms with van der Waals surface area (Å²) >= 11 is 14.1. The van der Waals surface area contributed by atoms with E-state index in [1.807, 2.05) is 82.4 Å². The summed E-state index contributed by atoms with van der Waals surface area (Å²) in [7, 11) is 0. The van der Waals surface area contributed by atoms with Gasteiger partial charge in [-0.2, -0.15) is 0 Å².